The molecule has 1 heterocycles. The summed E-state index contributed by atoms with van der Waals surface area (Å²) >= 11 is 0. The van der Waals surface area contributed by atoms with E-state index < -0.39 is 48.7 Å². The van der Waals surface area contributed by atoms with E-state index in [1.807, 2.05) is 24.3 Å². The van der Waals surface area contributed by atoms with Crippen molar-refractivity contribution in [1.29, 1.82) is 0 Å². The summed E-state index contributed by atoms with van der Waals surface area (Å²) < 4.78 is 12.7. The van der Waals surface area contributed by atoms with Gasteiger partial charge in [0.1, 0.15) is 24.5 Å². The Balaban J connectivity index is 2.20. The van der Waals surface area contributed by atoms with Gasteiger partial charge in [0.25, 0.3) is 5.91 Å². The summed E-state index contributed by atoms with van der Waals surface area (Å²) in [6.07, 6.45) is -0.742. The first-order valence-electron chi connectivity index (χ1n) is 9.14. The summed E-state index contributed by atoms with van der Waals surface area (Å²) in [7, 11) is 0. The van der Waals surface area contributed by atoms with Crippen LogP contribution in [0.4, 0.5) is 4.39 Å². The molecular weight excluding hydrogens is 381 g/mol. The molecule has 29 heavy (non-hydrogen) atoms. The molecule has 0 aliphatic rings. The highest BCUT2D eigenvalue weighted by Crippen LogP contribution is 2.21. The number of aromatic amines is 1. The number of aryl methyl sites for hydroxylation is 1. The van der Waals surface area contributed by atoms with E-state index in [9.17, 15) is 23.6 Å². The number of halogens is 1. The minimum absolute atomic E-state index is 0.298. The largest absolute Gasteiger partial charge is 0.481 e. The van der Waals surface area contributed by atoms with Crippen molar-refractivity contribution in [1.82, 2.24) is 15.6 Å². The van der Waals surface area contributed by atoms with Gasteiger partial charge in [-0.1, -0.05) is 32.0 Å². The standard InChI is InChI=1S/C20H24FN3O5/c1-10(2)17(19(28)23-14(8-16(26)27)15(25)9-21)24-20(29)18-11(3)12-6-4-5-7-13(12)22-18/h4-7,10,14,17,22H,8-9H2,1-3H3,(H,23,28)(H,24,29)(H,26,27)/t14?,17-/m0/s1. The number of aliphatic carboxylic acids is 1. The molecule has 9 heteroatoms. The lowest BCUT2D eigenvalue weighted by molar-refractivity contribution is -0.140. The van der Waals surface area contributed by atoms with Gasteiger partial charge in [0, 0.05) is 10.9 Å². The Morgan fingerprint density at radius 3 is 2.34 bits per heavy atom. The van der Waals surface area contributed by atoms with Crippen molar-refractivity contribution >= 4 is 34.5 Å². The lowest BCUT2D eigenvalue weighted by Gasteiger charge is -2.24. The Hall–Kier alpha value is -3.23. The Kier molecular flexibility index (Phi) is 7.08. The minimum Gasteiger partial charge on any atom is -0.481 e. The summed E-state index contributed by atoms with van der Waals surface area (Å²) in [5, 5.41) is 14.6. The Morgan fingerprint density at radius 2 is 1.79 bits per heavy atom. The highest BCUT2D eigenvalue weighted by Gasteiger charge is 2.30. The van der Waals surface area contributed by atoms with Crippen molar-refractivity contribution < 1.29 is 28.7 Å². The maximum absolute atomic E-state index is 12.8. The van der Waals surface area contributed by atoms with Crippen LogP contribution < -0.4 is 10.6 Å². The molecule has 0 fully saturated rings. The van der Waals surface area contributed by atoms with Crippen LogP contribution in [-0.4, -0.2) is 52.4 Å². The van der Waals surface area contributed by atoms with Gasteiger partial charge in [0.15, 0.2) is 5.78 Å². The van der Waals surface area contributed by atoms with E-state index in [-0.39, 0.29) is 5.92 Å². The molecule has 0 saturated carbocycles. The fourth-order valence-electron chi connectivity index (χ4n) is 3.03. The van der Waals surface area contributed by atoms with E-state index in [4.69, 9.17) is 5.11 Å². The van der Waals surface area contributed by atoms with Crippen LogP contribution in [0.1, 0.15) is 36.3 Å². The summed E-state index contributed by atoms with van der Waals surface area (Å²) in [4.78, 5) is 50.9. The molecule has 1 unspecified atom stereocenters. The van der Waals surface area contributed by atoms with Gasteiger partial charge in [-0.3, -0.25) is 19.2 Å². The lowest BCUT2D eigenvalue weighted by atomic mass is 10.0. The van der Waals surface area contributed by atoms with Gasteiger partial charge in [-0.05, 0) is 24.5 Å². The van der Waals surface area contributed by atoms with Crippen molar-refractivity contribution in [2.45, 2.75) is 39.3 Å². The van der Waals surface area contributed by atoms with Crippen LogP contribution in [-0.2, 0) is 14.4 Å². The van der Waals surface area contributed by atoms with E-state index in [2.05, 4.69) is 15.6 Å². The molecule has 4 N–H and O–H groups in total. The normalized spacial score (nSPS) is 13.1. The van der Waals surface area contributed by atoms with Gasteiger partial charge in [-0.25, -0.2) is 4.39 Å². The number of H-pyrrole nitrogens is 1. The third-order valence-electron chi connectivity index (χ3n) is 4.64. The van der Waals surface area contributed by atoms with E-state index in [0.29, 0.717) is 5.69 Å². The summed E-state index contributed by atoms with van der Waals surface area (Å²) in [5.74, 6) is -4.03. The molecule has 0 saturated heterocycles. The zero-order valence-electron chi connectivity index (χ0n) is 16.4. The first-order valence-corrected chi connectivity index (χ1v) is 9.14. The van der Waals surface area contributed by atoms with Crippen LogP contribution in [0, 0.1) is 12.8 Å². The molecule has 8 nitrogen and oxygen atoms in total. The Morgan fingerprint density at radius 1 is 1.14 bits per heavy atom. The second-order valence-electron chi connectivity index (χ2n) is 7.12. The molecule has 2 atom stereocenters. The highest BCUT2D eigenvalue weighted by atomic mass is 19.1. The molecule has 0 spiro atoms. The number of carboxylic acids is 1. The highest BCUT2D eigenvalue weighted by molar-refractivity contribution is 6.03. The van der Waals surface area contributed by atoms with Crippen molar-refractivity contribution in [2.24, 2.45) is 5.92 Å². The van der Waals surface area contributed by atoms with E-state index >= 15 is 0 Å². The minimum atomic E-state index is -1.50. The first kappa shape index (κ1) is 22.1. The van der Waals surface area contributed by atoms with E-state index in [1.165, 1.54) is 0 Å². The number of benzene rings is 1. The number of ketones is 1. The van der Waals surface area contributed by atoms with Gasteiger partial charge in [-0.2, -0.15) is 0 Å². The van der Waals surface area contributed by atoms with Crippen LogP contribution in [0.15, 0.2) is 24.3 Å². The monoisotopic (exact) mass is 405 g/mol. The average Bonchev–Trinajstić information content (AvgIpc) is 3.01. The number of Topliss-reactive ketones (excluding diaryl/α,β-unsaturated/α-hetero) is 1. The quantitative estimate of drug-likeness (QED) is 0.505. The average molecular weight is 405 g/mol. The van der Waals surface area contributed by atoms with E-state index in [0.717, 1.165) is 16.5 Å². The second-order valence-corrected chi connectivity index (χ2v) is 7.12. The number of para-hydroxylation sites is 1. The number of carbonyl (C=O) groups excluding carboxylic acids is 3. The molecule has 0 bridgehead atoms. The molecule has 1 aromatic carbocycles. The molecule has 2 rings (SSSR count). The predicted octanol–water partition coefficient (Wildman–Crippen LogP) is 1.73. The summed E-state index contributed by atoms with van der Waals surface area (Å²) in [5.41, 5.74) is 1.79. The van der Waals surface area contributed by atoms with Gasteiger partial charge in [-0.15, -0.1) is 0 Å². The molecule has 0 aliphatic heterocycles. The second kappa shape index (κ2) is 9.31. The van der Waals surface area contributed by atoms with Crippen LogP contribution in [0.2, 0.25) is 0 Å². The number of carbonyl (C=O) groups is 4. The van der Waals surface area contributed by atoms with Crippen molar-refractivity contribution in [3.8, 4) is 0 Å². The fraction of sp³-hybridized carbons (Fsp3) is 0.400. The van der Waals surface area contributed by atoms with Gasteiger partial charge < -0.3 is 20.7 Å². The Labute approximate surface area is 166 Å². The SMILES string of the molecule is Cc1c(C(=O)N[C@H](C(=O)NC(CC(=O)O)C(=O)CF)C(C)C)[nH]c2ccccc12. The maximum atomic E-state index is 12.8. The third-order valence-corrected chi connectivity index (χ3v) is 4.64. The molecular formula is C20H24FN3O5. The van der Waals surface area contributed by atoms with Crippen molar-refractivity contribution in [3.05, 3.63) is 35.5 Å². The topological polar surface area (TPSA) is 128 Å². The summed E-state index contributed by atoms with van der Waals surface area (Å²) in [6.45, 7) is 3.75. The molecule has 156 valence electrons. The van der Waals surface area contributed by atoms with Gasteiger partial charge in [0.05, 0.1) is 6.42 Å². The van der Waals surface area contributed by atoms with Crippen molar-refractivity contribution in [3.63, 3.8) is 0 Å². The number of amides is 2. The predicted molar refractivity (Wildman–Crippen MR) is 104 cm³/mol. The van der Waals surface area contributed by atoms with Crippen LogP contribution in [0.3, 0.4) is 0 Å². The molecule has 0 aliphatic carbocycles. The number of nitrogens with one attached hydrogen (secondary N) is 3. The van der Waals surface area contributed by atoms with Crippen LogP contribution >= 0.6 is 0 Å². The van der Waals surface area contributed by atoms with E-state index in [1.54, 1.807) is 20.8 Å². The molecule has 0 radical (unpaired) electrons. The third kappa shape index (κ3) is 5.18. The maximum Gasteiger partial charge on any atom is 0.305 e. The smallest absolute Gasteiger partial charge is 0.305 e. The number of alkyl halides is 1. The number of hydrogen-bond donors (Lipinski definition) is 4. The van der Waals surface area contributed by atoms with Crippen molar-refractivity contribution in [2.75, 3.05) is 6.67 Å². The number of aromatic nitrogens is 1. The molecule has 1 aromatic heterocycles. The zero-order chi connectivity index (χ0) is 21.7. The fourth-order valence-corrected chi connectivity index (χ4v) is 3.03. The van der Waals surface area contributed by atoms with Crippen LogP contribution in [0.25, 0.3) is 10.9 Å². The van der Waals surface area contributed by atoms with Crippen LogP contribution in [0.5, 0.6) is 0 Å². The zero-order valence-corrected chi connectivity index (χ0v) is 16.4. The molecule has 2 amide bonds. The lowest BCUT2D eigenvalue weighted by Crippen LogP contribution is -2.54. The van der Waals surface area contributed by atoms with Gasteiger partial charge in [0.2, 0.25) is 5.91 Å². The number of hydrogen-bond acceptors (Lipinski definition) is 4. The Bertz CT molecular complexity index is 937. The van der Waals surface area contributed by atoms with Gasteiger partial charge >= 0.3 is 5.97 Å². The summed E-state index contributed by atoms with van der Waals surface area (Å²) in [6, 6.07) is 4.82. The molecule has 2 aromatic rings. The first-order chi connectivity index (χ1) is 13.6. The number of rotatable bonds is 9. The number of fused-ring (bicyclic) bond motifs is 1. The number of carboxylic acid groups (broad SMARTS) is 1.